The number of aromatic carboxylic acids is 1. The number of carboxylic acids is 1. The van der Waals surface area contributed by atoms with E-state index in [1.807, 2.05) is 0 Å². The van der Waals surface area contributed by atoms with Crippen molar-refractivity contribution in [1.82, 2.24) is 9.78 Å². The van der Waals surface area contributed by atoms with Gasteiger partial charge in [0.25, 0.3) is 0 Å². The minimum atomic E-state index is -0.915. The van der Waals surface area contributed by atoms with Crippen molar-refractivity contribution in [3.8, 4) is 0 Å². The second-order valence-corrected chi connectivity index (χ2v) is 4.99. The lowest BCUT2D eigenvalue weighted by molar-refractivity contribution is 0.0682. The average Bonchev–Trinajstić information content (AvgIpc) is 2.87. The Bertz CT molecular complexity index is 604. The summed E-state index contributed by atoms with van der Waals surface area (Å²) in [6, 6.07) is 10.00. The third kappa shape index (κ3) is 2.26. The third-order valence-electron chi connectivity index (χ3n) is 3.82. The lowest BCUT2D eigenvalue weighted by Crippen LogP contribution is -2.19. The molecule has 0 saturated carbocycles. The van der Waals surface area contributed by atoms with Crippen LogP contribution in [0.15, 0.2) is 36.5 Å². The molecule has 19 heavy (non-hydrogen) atoms. The van der Waals surface area contributed by atoms with Crippen LogP contribution in [0, 0.1) is 0 Å². The van der Waals surface area contributed by atoms with Crippen LogP contribution in [-0.2, 0) is 13.0 Å². The lowest BCUT2D eigenvalue weighted by Gasteiger charge is -2.25. The number of aromatic nitrogens is 2. The van der Waals surface area contributed by atoms with Crippen molar-refractivity contribution < 1.29 is 9.90 Å². The van der Waals surface area contributed by atoms with Gasteiger partial charge in [0.2, 0.25) is 0 Å². The molecule has 0 bridgehead atoms. The Morgan fingerprint density at radius 1 is 1.37 bits per heavy atom. The molecule has 1 unspecified atom stereocenters. The molecule has 1 aliphatic rings. The number of nitrogens with zero attached hydrogens (tertiary/aromatic N) is 2. The highest BCUT2D eigenvalue weighted by atomic mass is 16.4. The minimum Gasteiger partial charge on any atom is -0.477 e. The number of aryl methyl sites for hydroxylation is 1. The fourth-order valence-electron chi connectivity index (χ4n) is 2.91. The van der Waals surface area contributed by atoms with Crippen LogP contribution in [0.4, 0.5) is 0 Å². The molecule has 1 aromatic carbocycles. The maximum Gasteiger partial charge on any atom is 0.354 e. The van der Waals surface area contributed by atoms with E-state index in [2.05, 4.69) is 29.4 Å². The van der Waals surface area contributed by atoms with Gasteiger partial charge >= 0.3 is 5.97 Å². The van der Waals surface area contributed by atoms with Gasteiger partial charge in [-0.2, -0.15) is 5.10 Å². The second kappa shape index (κ2) is 4.88. The van der Waals surface area contributed by atoms with Crippen molar-refractivity contribution >= 4 is 5.97 Å². The van der Waals surface area contributed by atoms with Crippen LogP contribution in [0.25, 0.3) is 0 Å². The van der Waals surface area contributed by atoms with E-state index in [1.165, 1.54) is 11.1 Å². The Kier molecular flexibility index (Phi) is 3.07. The topological polar surface area (TPSA) is 55.1 Å². The number of fused-ring (bicyclic) bond motifs is 1. The van der Waals surface area contributed by atoms with E-state index in [-0.39, 0.29) is 5.69 Å². The van der Waals surface area contributed by atoms with Crippen molar-refractivity contribution in [2.75, 3.05) is 0 Å². The number of hydrogen-bond donors (Lipinski definition) is 1. The first-order valence-corrected chi connectivity index (χ1v) is 6.58. The highest BCUT2D eigenvalue weighted by Gasteiger charge is 2.22. The minimum absolute atomic E-state index is 0.267. The molecule has 4 nitrogen and oxygen atoms in total. The fourth-order valence-corrected chi connectivity index (χ4v) is 2.91. The summed E-state index contributed by atoms with van der Waals surface area (Å²) in [5.41, 5.74) is 3.01. The molecular weight excluding hydrogens is 240 g/mol. The normalized spacial score (nSPS) is 18.0. The monoisotopic (exact) mass is 256 g/mol. The van der Waals surface area contributed by atoms with Crippen LogP contribution in [0.3, 0.4) is 0 Å². The van der Waals surface area contributed by atoms with E-state index in [0.29, 0.717) is 12.5 Å². The molecule has 0 amide bonds. The van der Waals surface area contributed by atoms with Crippen molar-refractivity contribution in [1.29, 1.82) is 0 Å². The van der Waals surface area contributed by atoms with E-state index in [9.17, 15) is 4.79 Å². The third-order valence-corrected chi connectivity index (χ3v) is 3.82. The Balaban J connectivity index is 1.89. The maximum absolute atomic E-state index is 11.1. The number of hydrogen-bond acceptors (Lipinski definition) is 2. The van der Waals surface area contributed by atoms with Gasteiger partial charge in [-0.15, -0.1) is 0 Å². The quantitative estimate of drug-likeness (QED) is 0.918. The van der Waals surface area contributed by atoms with Gasteiger partial charge in [-0.25, -0.2) is 4.79 Å². The molecule has 98 valence electrons. The first-order valence-electron chi connectivity index (χ1n) is 6.58. The van der Waals surface area contributed by atoms with Crippen molar-refractivity contribution in [2.24, 2.45) is 0 Å². The molecule has 1 aromatic heterocycles. The molecule has 0 spiro atoms. The molecule has 3 rings (SSSR count). The van der Waals surface area contributed by atoms with Gasteiger partial charge < -0.3 is 5.11 Å². The zero-order chi connectivity index (χ0) is 13.2. The smallest absolute Gasteiger partial charge is 0.354 e. The van der Waals surface area contributed by atoms with Crippen molar-refractivity contribution in [2.45, 2.75) is 31.7 Å². The fraction of sp³-hybridized carbons (Fsp3) is 0.333. The average molecular weight is 256 g/mol. The Morgan fingerprint density at radius 3 is 3.05 bits per heavy atom. The van der Waals surface area contributed by atoms with Crippen LogP contribution >= 0.6 is 0 Å². The summed E-state index contributed by atoms with van der Waals surface area (Å²) in [5, 5.41) is 13.3. The zero-order valence-corrected chi connectivity index (χ0v) is 10.6. The SMILES string of the molecule is O=C(O)c1ccnn1CC1CCCc2ccccc21. The Hall–Kier alpha value is -2.10. The van der Waals surface area contributed by atoms with E-state index in [0.717, 1.165) is 19.3 Å². The molecule has 1 heterocycles. The Labute approximate surface area is 111 Å². The van der Waals surface area contributed by atoms with Gasteiger partial charge in [-0.3, -0.25) is 4.68 Å². The first kappa shape index (κ1) is 12.0. The number of rotatable bonds is 3. The molecule has 1 atom stereocenters. The summed E-state index contributed by atoms with van der Waals surface area (Å²) < 4.78 is 1.61. The van der Waals surface area contributed by atoms with E-state index < -0.39 is 5.97 Å². The second-order valence-electron chi connectivity index (χ2n) is 4.99. The molecular formula is C15H16N2O2. The number of carboxylic acid groups (broad SMARTS) is 1. The summed E-state index contributed by atoms with van der Waals surface area (Å²) in [7, 11) is 0. The summed E-state index contributed by atoms with van der Waals surface area (Å²) in [6.07, 6.45) is 4.93. The van der Waals surface area contributed by atoms with Crippen LogP contribution in [-0.4, -0.2) is 20.9 Å². The van der Waals surface area contributed by atoms with Gasteiger partial charge in [0.15, 0.2) is 0 Å². The first-order chi connectivity index (χ1) is 9.25. The van der Waals surface area contributed by atoms with Crippen LogP contribution in [0.5, 0.6) is 0 Å². The molecule has 0 fully saturated rings. The predicted octanol–water partition coefficient (Wildman–Crippen LogP) is 2.70. The summed E-state index contributed by atoms with van der Waals surface area (Å²) in [5.74, 6) is -0.551. The summed E-state index contributed by atoms with van der Waals surface area (Å²) in [4.78, 5) is 11.1. The van der Waals surface area contributed by atoms with E-state index in [4.69, 9.17) is 5.11 Å². The molecule has 1 N–H and O–H groups in total. The maximum atomic E-state index is 11.1. The van der Waals surface area contributed by atoms with Gasteiger partial charge in [0.1, 0.15) is 5.69 Å². The Morgan fingerprint density at radius 2 is 2.21 bits per heavy atom. The van der Waals surface area contributed by atoms with Crippen molar-refractivity contribution in [3.63, 3.8) is 0 Å². The highest BCUT2D eigenvalue weighted by Crippen LogP contribution is 2.32. The summed E-state index contributed by atoms with van der Waals surface area (Å²) in [6.45, 7) is 0.644. The largest absolute Gasteiger partial charge is 0.477 e. The molecule has 0 aliphatic heterocycles. The van der Waals surface area contributed by atoms with Gasteiger partial charge in [-0.1, -0.05) is 24.3 Å². The van der Waals surface area contributed by atoms with Crippen molar-refractivity contribution in [3.05, 3.63) is 53.3 Å². The molecule has 1 aliphatic carbocycles. The number of carbonyl (C=O) groups is 1. The highest BCUT2D eigenvalue weighted by molar-refractivity contribution is 5.85. The van der Waals surface area contributed by atoms with Crippen LogP contribution in [0.2, 0.25) is 0 Å². The molecule has 4 heteroatoms. The zero-order valence-electron chi connectivity index (χ0n) is 10.6. The van der Waals surface area contributed by atoms with Crippen LogP contribution in [0.1, 0.15) is 40.4 Å². The summed E-state index contributed by atoms with van der Waals surface area (Å²) >= 11 is 0. The molecule has 0 saturated heterocycles. The predicted molar refractivity (Wildman–Crippen MR) is 71.3 cm³/mol. The van der Waals surface area contributed by atoms with E-state index in [1.54, 1.807) is 16.9 Å². The van der Waals surface area contributed by atoms with E-state index >= 15 is 0 Å². The lowest BCUT2D eigenvalue weighted by atomic mass is 9.83. The molecule has 0 radical (unpaired) electrons. The number of benzene rings is 1. The van der Waals surface area contributed by atoms with Gasteiger partial charge in [0.05, 0.1) is 0 Å². The molecule has 2 aromatic rings. The standard InChI is InChI=1S/C15H16N2O2/c18-15(19)14-8-9-16-17(14)10-12-6-3-5-11-4-1-2-7-13(11)12/h1-2,4,7-9,12H,3,5-6,10H2,(H,18,19). The van der Waals surface area contributed by atoms with Crippen LogP contribution < -0.4 is 0 Å². The van der Waals surface area contributed by atoms with Gasteiger partial charge in [-0.05, 0) is 36.5 Å². The van der Waals surface area contributed by atoms with Gasteiger partial charge in [0, 0.05) is 18.7 Å².